The van der Waals surface area contributed by atoms with Gasteiger partial charge in [0, 0.05) is 16.9 Å². The van der Waals surface area contributed by atoms with Crippen molar-refractivity contribution in [2.75, 3.05) is 17.7 Å². The molecule has 0 saturated carbocycles. The molecule has 2 aromatic carbocycles. The third-order valence-electron chi connectivity index (χ3n) is 4.02. The predicted octanol–water partition coefficient (Wildman–Crippen LogP) is 2.97. The Kier molecular flexibility index (Phi) is 4.45. The van der Waals surface area contributed by atoms with Crippen molar-refractivity contribution in [3.8, 4) is 0 Å². The van der Waals surface area contributed by atoms with Gasteiger partial charge in [-0.25, -0.2) is 9.59 Å². The van der Waals surface area contributed by atoms with Crippen LogP contribution in [0.4, 0.5) is 11.4 Å². The number of carboxylic acids is 1. The van der Waals surface area contributed by atoms with E-state index in [0.717, 1.165) is 0 Å². The van der Waals surface area contributed by atoms with Gasteiger partial charge in [0.25, 0.3) is 5.91 Å². The lowest BCUT2D eigenvalue weighted by atomic mass is 10.0. The Balaban J connectivity index is 1.92. The van der Waals surface area contributed by atoms with Crippen molar-refractivity contribution in [1.29, 1.82) is 0 Å². The van der Waals surface area contributed by atoms with E-state index in [1.54, 1.807) is 37.3 Å². The molecule has 3 N–H and O–H groups in total. The predicted molar refractivity (Wildman–Crippen MR) is 96.0 cm³/mol. The van der Waals surface area contributed by atoms with Crippen LogP contribution < -0.4 is 10.6 Å². The molecule has 0 aliphatic carbocycles. The quantitative estimate of drug-likeness (QED) is 0.577. The van der Waals surface area contributed by atoms with Crippen LogP contribution in [0, 0.1) is 0 Å². The van der Waals surface area contributed by atoms with Gasteiger partial charge in [0.1, 0.15) is 0 Å². The number of hydrogen-bond donors (Lipinski definition) is 3. The number of nitrogens with one attached hydrogen (secondary N) is 2. The summed E-state index contributed by atoms with van der Waals surface area (Å²) in [4.78, 5) is 34.9. The number of fused-ring (bicyclic) bond motifs is 1. The standard InChI is InChI=1S/C19H16N2O5/c1-10(20-13-6-3-11(4-7-13)18(23)24)16-14-8-5-12(19(25)26-2)9-15(14)21-17(16)22/h3-9,20H,1-2H3,(H,21,22)(H,23,24)/b16-10-. The van der Waals surface area contributed by atoms with Crippen molar-refractivity contribution in [3.63, 3.8) is 0 Å². The summed E-state index contributed by atoms with van der Waals surface area (Å²) in [7, 11) is 1.29. The molecule has 0 unspecified atom stereocenters. The largest absolute Gasteiger partial charge is 0.478 e. The average Bonchev–Trinajstić information content (AvgIpc) is 2.96. The van der Waals surface area contributed by atoms with Gasteiger partial charge < -0.3 is 20.5 Å². The Labute approximate surface area is 149 Å². The van der Waals surface area contributed by atoms with E-state index in [1.807, 2.05) is 0 Å². The first kappa shape index (κ1) is 17.2. The van der Waals surface area contributed by atoms with Gasteiger partial charge in [-0.3, -0.25) is 4.79 Å². The number of anilines is 2. The molecule has 0 saturated heterocycles. The zero-order valence-corrected chi connectivity index (χ0v) is 14.1. The lowest BCUT2D eigenvalue weighted by Gasteiger charge is -2.10. The molecular formula is C19H16N2O5. The highest BCUT2D eigenvalue weighted by Gasteiger charge is 2.27. The molecule has 1 aliphatic heterocycles. The van der Waals surface area contributed by atoms with Crippen molar-refractivity contribution >= 4 is 34.8 Å². The van der Waals surface area contributed by atoms with Crippen molar-refractivity contribution in [1.82, 2.24) is 0 Å². The maximum Gasteiger partial charge on any atom is 0.337 e. The van der Waals surface area contributed by atoms with Crippen LogP contribution in [0.3, 0.4) is 0 Å². The summed E-state index contributed by atoms with van der Waals surface area (Å²) >= 11 is 0. The van der Waals surface area contributed by atoms with E-state index in [0.29, 0.717) is 33.8 Å². The maximum absolute atomic E-state index is 12.4. The van der Waals surface area contributed by atoms with Gasteiger partial charge in [-0.1, -0.05) is 6.07 Å². The molecule has 26 heavy (non-hydrogen) atoms. The molecule has 1 amide bonds. The van der Waals surface area contributed by atoms with Crippen LogP contribution in [0.5, 0.6) is 0 Å². The average molecular weight is 352 g/mol. The molecule has 2 aromatic rings. The van der Waals surface area contributed by atoms with Gasteiger partial charge in [-0.05, 0) is 43.3 Å². The lowest BCUT2D eigenvalue weighted by molar-refractivity contribution is -0.110. The first-order valence-corrected chi connectivity index (χ1v) is 7.76. The molecule has 0 aromatic heterocycles. The molecule has 7 nitrogen and oxygen atoms in total. The summed E-state index contributed by atoms with van der Waals surface area (Å²) < 4.78 is 4.68. The zero-order chi connectivity index (χ0) is 18.8. The van der Waals surface area contributed by atoms with Crippen molar-refractivity contribution in [2.24, 2.45) is 0 Å². The van der Waals surface area contributed by atoms with Crippen LogP contribution in [-0.2, 0) is 9.53 Å². The number of hydrogen-bond acceptors (Lipinski definition) is 5. The molecule has 0 bridgehead atoms. The van der Waals surface area contributed by atoms with Gasteiger partial charge in [-0.2, -0.15) is 0 Å². The summed E-state index contributed by atoms with van der Waals surface area (Å²) in [5, 5.41) is 14.8. The number of allylic oxidation sites excluding steroid dienone is 1. The number of rotatable bonds is 4. The van der Waals surface area contributed by atoms with Crippen LogP contribution in [0.25, 0.3) is 5.57 Å². The summed E-state index contributed by atoms with van der Waals surface area (Å²) in [6.07, 6.45) is 0. The number of amides is 1. The van der Waals surface area contributed by atoms with Crippen LogP contribution in [-0.4, -0.2) is 30.1 Å². The molecule has 0 fully saturated rings. The Hall–Kier alpha value is -3.61. The summed E-state index contributed by atoms with van der Waals surface area (Å²) in [5.41, 5.74) is 3.47. The minimum absolute atomic E-state index is 0.181. The first-order valence-electron chi connectivity index (χ1n) is 7.76. The minimum atomic E-state index is -1.00. The van der Waals surface area contributed by atoms with Crippen LogP contribution in [0.15, 0.2) is 48.2 Å². The number of carbonyl (C=O) groups excluding carboxylic acids is 2. The lowest BCUT2D eigenvalue weighted by Crippen LogP contribution is -2.09. The second-order valence-corrected chi connectivity index (χ2v) is 5.71. The van der Waals surface area contributed by atoms with Crippen molar-refractivity contribution in [2.45, 2.75) is 6.92 Å². The normalized spacial score (nSPS) is 14.3. The Morgan fingerprint density at radius 1 is 1.08 bits per heavy atom. The number of aromatic carboxylic acids is 1. The Morgan fingerprint density at radius 2 is 1.73 bits per heavy atom. The van der Waals surface area contributed by atoms with Crippen LogP contribution in [0.2, 0.25) is 0 Å². The van der Waals surface area contributed by atoms with Gasteiger partial charge in [0.15, 0.2) is 0 Å². The Bertz CT molecular complexity index is 945. The fourth-order valence-corrected chi connectivity index (χ4v) is 2.77. The highest BCUT2D eigenvalue weighted by molar-refractivity contribution is 6.32. The Morgan fingerprint density at radius 3 is 2.35 bits per heavy atom. The van der Waals surface area contributed by atoms with Gasteiger partial charge in [-0.15, -0.1) is 0 Å². The van der Waals surface area contributed by atoms with Gasteiger partial charge in [0.2, 0.25) is 0 Å². The smallest absolute Gasteiger partial charge is 0.337 e. The third-order valence-corrected chi connectivity index (χ3v) is 4.02. The summed E-state index contributed by atoms with van der Waals surface area (Å²) in [6, 6.07) is 11.1. The second-order valence-electron chi connectivity index (χ2n) is 5.71. The number of carboxylic acid groups (broad SMARTS) is 1. The first-order chi connectivity index (χ1) is 12.4. The highest BCUT2D eigenvalue weighted by atomic mass is 16.5. The van der Waals surface area contributed by atoms with Crippen LogP contribution >= 0.6 is 0 Å². The van der Waals surface area contributed by atoms with E-state index in [2.05, 4.69) is 15.4 Å². The zero-order valence-electron chi connectivity index (χ0n) is 14.1. The minimum Gasteiger partial charge on any atom is -0.478 e. The molecule has 1 heterocycles. The van der Waals surface area contributed by atoms with Crippen molar-refractivity contribution < 1.29 is 24.2 Å². The number of benzene rings is 2. The molecule has 0 spiro atoms. The fourth-order valence-electron chi connectivity index (χ4n) is 2.77. The van der Waals surface area contributed by atoms with E-state index in [4.69, 9.17) is 5.11 Å². The molecule has 132 valence electrons. The van der Waals surface area contributed by atoms with E-state index in [9.17, 15) is 14.4 Å². The topological polar surface area (TPSA) is 105 Å². The SMILES string of the molecule is COC(=O)c1ccc2c(c1)NC(=O)/C2=C(/C)Nc1ccc(C(=O)O)cc1. The number of carbonyl (C=O) groups is 3. The van der Waals surface area contributed by atoms with E-state index in [1.165, 1.54) is 19.2 Å². The second kappa shape index (κ2) is 6.72. The van der Waals surface area contributed by atoms with E-state index < -0.39 is 11.9 Å². The van der Waals surface area contributed by atoms with Crippen LogP contribution in [0.1, 0.15) is 33.2 Å². The van der Waals surface area contributed by atoms with E-state index in [-0.39, 0.29) is 11.5 Å². The molecule has 3 rings (SSSR count). The maximum atomic E-state index is 12.4. The number of ether oxygens (including phenoxy) is 1. The summed E-state index contributed by atoms with van der Waals surface area (Å²) in [5.74, 6) is -1.76. The highest BCUT2D eigenvalue weighted by Crippen LogP contribution is 2.35. The number of esters is 1. The fraction of sp³-hybridized carbons (Fsp3) is 0.105. The van der Waals surface area contributed by atoms with Gasteiger partial charge >= 0.3 is 11.9 Å². The van der Waals surface area contributed by atoms with Crippen molar-refractivity contribution in [3.05, 3.63) is 64.9 Å². The molecule has 0 radical (unpaired) electrons. The van der Waals surface area contributed by atoms with E-state index >= 15 is 0 Å². The molecular weight excluding hydrogens is 336 g/mol. The molecule has 1 aliphatic rings. The monoisotopic (exact) mass is 352 g/mol. The molecule has 0 atom stereocenters. The third kappa shape index (κ3) is 3.14. The van der Waals surface area contributed by atoms with Gasteiger partial charge in [0.05, 0.1) is 29.5 Å². The summed E-state index contributed by atoms with van der Waals surface area (Å²) in [6.45, 7) is 1.75. The molecule has 7 heteroatoms. The number of methoxy groups -OCH3 is 1.